The van der Waals surface area contributed by atoms with Crippen LogP contribution in [0.1, 0.15) is 11.1 Å². The first-order chi connectivity index (χ1) is 10.1. The number of benzene rings is 1. The summed E-state index contributed by atoms with van der Waals surface area (Å²) < 4.78 is 27.5. The average Bonchev–Trinajstić information content (AvgIpc) is 2.83. The Kier molecular flexibility index (Phi) is 3.51. The molecule has 6 heteroatoms. The third kappa shape index (κ3) is 2.99. The summed E-state index contributed by atoms with van der Waals surface area (Å²) in [6, 6.07) is 7.65. The van der Waals surface area contributed by atoms with E-state index in [9.17, 15) is 8.78 Å². The number of aryl methyl sites for hydroxylation is 1. The van der Waals surface area contributed by atoms with Gasteiger partial charge in [-0.1, -0.05) is 6.07 Å². The van der Waals surface area contributed by atoms with E-state index in [0.29, 0.717) is 18.1 Å². The second kappa shape index (κ2) is 5.47. The van der Waals surface area contributed by atoms with Crippen molar-refractivity contribution in [1.29, 1.82) is 0 Å². The number of anilines is 1. The molecule has 0 fully saturated rings. The Bertz CT molecular complexity index is 782. The second-order valence-electron chi connectivity index (χ2n) is 4.83. The summed E-state index contributed by atoms with van der Waals surface area (Å²) in [7, 11) is 0. The van der Waals surface area contributed by atoms with Crippen LogP contribution in [-0.4, -0.2) is 21.1 Å². The number of nitrogens with one attached hydrogen (secondary N) is 1. The molecule has 0 radical (unpaired) electrons. The molecule has 3 aromatic rings. The highest BCUT2D eigenvalue weighted by molar-refractivity contribution is 5.43. The number of halogens is 2. The van der Waals surface area contributed by atoms with Gasteiger partial charge >= 0.3 is 0 Å². The molecular formula is C15H14F2N4. The van der Waals surface area contributed by atoms with Gasteiger partial charge in [0.2, 0.25) is 5.95 Å². The van der Waals surface area contributed by atoms with Gasteiger partial charge in [-0.05, 0) is 48.7 Å². The molecule has 0 saturated heterocycles. The molecular weight excluding hydrogens is 274 g/mol. The zero-order valence-corrected chi connectivity index (χ0v) is 11.5. The van der Waals surface area contributed by atoms with Crippen molar-refractivity contribution in [3.8, 4) is 0 Å². The molecule has 21 heavy (non-hydrogen) atoms. The third-order valence-corrected chi connectivity index (χ3v) is 3.28. The van der Waals surface area contributed by atoms with Gasteiger partial charge in [0.25, 0.3) is 0 Å². The summed E-state index contributed by atoms with van der Waals surface area (Å²) in [6.07, 6.45) is 2.01. The third-order valence-electron chi connectivity index (χ3n) is 3.28. The van der Waals surface area contributed by atoms with Gasteiger partial charge in [-0.15, -0.1) is 5.10 Å². The molecule has 1 aromatic carbocycles. The van der Waals surface area contributed by atoms with Gasteiger partial charge in [-0.3, -0.25) is 0 Å². The van der Waals surface area contributed by atoms with Crippen LogP contribution in [0.4, 0.5) is 14.7 Å². The highest BCUT2D eigenvalue weighted by Crippen LogP contribution is 2.11. The molecule has 2 aromatic heterocycles. The molecule has 1 N–H and O–H groups in total. The fraction of sp³-hybridized carbons (Fsp3) is 0.200. The largest absolute Gasteiger partial charge is 0.353 e. The minimum Gasteiger partial charge on any atom is -0.353 e. The van der Waals surface area contributed by atoms with Crippen LogP contribution in [0.25, 0.3) is 5.65 Å². The lowest BCUT2D eigenvalue weighted by atomic mass is 10.1. The summed E-state index contributed by atoms with van der Waals surface area (Å²) in [5.74, 6) is -0.144. The Morgan fingerprint density at radius 2 is 1.95 bits per heavy atom. The molecule has 0 spiro atoms. The van der Waals surface area contributed by atoms with E-state index in [1.807, 2.05) is 6.92 Å². The van der Waals surface area contributed by atoms with E-state index in [4.69, 9.17) is 0 Å². The van der Waals surface area contributed by atoms with Crippen LogP contribution in [0.2, 0.25) is 0 Å². The zero-order chi connectivity index (χ0) is 14.8. The molecule has 3 rings (SSSR count). The second-order valence-corrected chi connectivity index (χ2v) is 4.83. The number of nitrogens with zero attached hydrogens (tertiary/aromatic N) is 3. The number of fused-ring (bicyclic) bond motifs is 1. The molecule has 2 heterocycles. The molecule has 0 aliphatic rings. The summed E-state index contributed by atoms with van der Waals surface area (Å²) in [4.78, 5) is 4.24. The van der Waals surface area contributed by atoms with E-state index in [0.717, 1.165) is 17.5 Å². The highest BCUT2D eigenvalue weighted by Gasteiger charge is 2.05. The normalized spacial score (nSPS) is 11.0. The van der Waals surface area contributed by atoms with Crippen LogP contribution in [-0.2, 0) is 6.42 Å². The van der Waals surface area contributed by atoms with E-state index < -0.39 is 0 Å². The van der Waals surface area contributed by atoms with E-state index in [-0.39, 0.29) is 11.6 Å². The maximum Gasteiger partial charge on any atom is 0.243 e. The Hall–Kier alpha value is -2.50. The molecule has 0 unspecified atom stereocenters. The Morgan fingerprint density at radius 1 is 1.14 bits per heavy atom. The minimum absolute atomic E-state index is 0.228. The average molecular weight is 288 g/mol. The van der Waals surface area contributed by atoms with Crippen molar-refractivity contribution in [1.82, 2.24) is 14.6 Å². The van der Waals surface area contributed by atoms with Crippen LogP contribution in [0, 0.1) is 18.6 Å². The fourth-order valence-corrected chi connectivity index (χ4v) is 2.18. The predicted octanol–water partition coefficient (Wildman–Crippen LogP) is 2.97. The van der Waals surface area contributed by atoms with E-state index in [1.165, 1.54) is 28.9 Å². The van der Waals surface area contributed by atoms with Gasteiger partial charge in [0.05, 0.1) is 6.20 Å². The Balaban J connectivity index is 1.66. The monoisotopic (exact) mass is 288 g/mol. The zero-order valence-electron chi connectivity index (χ0n) is 11.5. The van der Waals surface area contributed by atoms with Crippen LogP contribution >= 0.6 is 0 Å². The van der Waals surface area contributed by atoms with Gasteiger partial charge in [-0.25, -0.2) is 13.3 Å². The lowest BCUT2D eigenvalue weighted by Gasteiger charge is -2.06. The van der Waals surface area contributed by atoms with Crippen molar-refractivity contribution in [3.63, 3.8) is 0 Å². The molecule has 0 bridgehead atoms. The van der Waals surface area contributed by atoms with Gasteiger partial charge in [-0.2, -0.15) is 4.98 Å². The van der Waals surface area contributed by atoms with Crippen molar-refractivity contribution in [2.75, 3.05) is 11.9 Å². The molecule has 0 atom stereocenters. The molecule has 4 nitrogen and oxygen atoms in total. The first-order valence-corrected chi connectivity index (χ1v) is 6.63. The predicted molar refractivity (Wildman–Crippen MR) is 76.3 cm³/mol. The Morgan fingerprint density at radius 3 is 2.76 bits per heavy atom. The van der Waals surface area contributed by atoms with Crippen molar-refractivity contribution < 1.29 is 8.78 Å². The number of pyridine rings is 1. The maximum atomic E-state index is 13.1. The summed E-state index contributed by atoms with van der Waals surface area (Å²) in [5, 5.41) is 7.22. The smallest absolute Gasteiger partial charge is 0.243 e. The maximum absolute atomic E-state index is 13.1. The summed E-state index contributed by atoms with van der Waals surface area (Å²) in [5.41, 5.74) is 2.57. The van der Waals surface area contributed by atoms with Crippen molar-refractivity contribution >= 4 is 11.6 Å². The van der Waals surface area contributed by atoms with Crippen LogP contribution in [0.15, 0.2) is 36.5 Å². The summed E-state index contributed by atoms with van der Waals surface area (Å²) >= 11 is 0. The van der Waals surface area contributed by atoms with Crippen molar-refractivity contribution in [2.45, 2.75) is 13.3 Å². The lowest BCUT2D eigenvalue weighted by Crippen LogP contribution is -2.07. The van der Waals surface area contributed by atoms with Crippen molar-refractivity contribution in [2.24, 2.45) is 0 Å². The summed E-state index contributed by atoms with van der Waals surface area (Å²) in [6.45, 7) is 2.50. The first kappa shape index (κ1) is 13.5. The minimum atomic E-state index is -0.360. The lowest BCUT2D eigenvalue weighted by molar-refractivity contribution is 0.614. The first-order valence-electron chi connectivity index (χ1n) is 6.63. The van der Waals surface area contributed by atoms with E-state index >= 15 is 0 Å². The van der Waals surface area contributed by atoms with Crippen LogP contribution in [0.5, 0.6) is 0 Å². The van der Waals surface area contributed by atoms with Gasteiger partial charge < -0.3 is 5.32 Å². The van der Waals surface area contributed by atoms with E-state index in [2.05, 4.69) is 15.4 Å². The molecule has 0 saturated carbocycles. The Labute approximate surface area is 120 Å². The van der Waals surface area contributed by atoms with Gasteiger partial charge in [0.1, 0.15) is 11.6 Å². The standard InChI is InChI=1S/C15H14F2N4/c1-10-8-12(16)3-2-11(10)6-7-18-15-19-14-5-4-13(17)9-21(14)20-15/h2-5,8-9H,6-7H2,1H3,(H,18,20). The number of rotatable bonds is 4. The molecule has 0 aliphatic heterocycles. The topological polar surface area (TPSA) is 42.2 Å². The number of hydrogen-bond acceptors (Lipinski definition) is 3. The molecule has 0 amide bonds. The number of aromatic nitrogens is 3. The SMILES string of the molecule is Cc1cc(F)ccc1CCNc1nc2ccc(F)cn2n1. The number of hydrogen-bond donors (Lipinski definition) is 1. The van der Waals surface area contributed by atoms with E-state index in [1.54, 1.807) is 12.1 Å². The van der Waals surface area contributed by atoms with Crippen LogP contribution in [0.3, 0.4) is 0 Å². The molecule has 0 aliphatic carbocycles. The van der Waals surface area contributed by atoms with Gasteiger partial charge in [0.15, 0.2) is 5.65 Å². The highest BCUT2D eigenvalue weighted by atomic mass is 19.1. The van der Waals surface area contributed by atoms with Crippen molar-refractivity contribution in [3.05, 3.63) is 59.3 Å². The quantitative estimate of drug-likeness (QED) is 0.802. The van der Waals surface area contributed by atoms with Crippen LogP contribution < -0.4 is 5.32 Å². The fourth-order valence-electron chi connectivity index (χ4n) is 2.18. The molecule has 108 valence electrons. The van der Waals surface area contributed by atoms with Gasteiger partial charge in [0, 0.05) is 6.54 Å².